The van der Waals surface area contributed by atoms with Crippen molar-refractivity contribution < 1.29 is 9.53 Å². The summed E-state index contributed by atoms with van der Waals surface area (Å²) in [5.41, 5.74) is 1.13. The summed E-state index contributed by atoms with van der Waals surface area (Å²) in [4.78, 5) is 19.6. The predicted octanol–water partition coefficient (Wildman–Crippen LogP) is 2.28. The number of aliphatic imine (C=N–C) groups is 1. The van der Waals surface area contributed by atoms with Gasteiger partial charge < -0.3 is 15.4 Å². The largest absolute Gasteiger partial charge is 0.469 e. The number of methoxy groups -OCH3 is 1. The number of hydrogen-bond donors (Lipinski definition) is 2. The second kappa shape index (κ2) is 11.9. The summed E-state index contributed by atoms with van der Waals surface area (Å²) in [5.74, 6) is 0.703. The number of esters is 1. The molecule has 0 aliphatic heterocycles. The van der Waals surface area contributed by atoms with Crippen molar-refractivity contribution in [2.75, 3.05) is 27.2 Å². The number of rotatable bonds is 10. The standard InChI is InChI=1S/C16H28N4O2S/c1-13-20-14(12-23-13)9-11-19-16(17-2)18-10-7-5-4-6-8-15(21)22-3/h12H,4-11H2,1-3H3,(H2,17,18,19). The Hall–Kier alpha value is -1.63. The van der Waals surface area contributed by atoms with Gasteiger partial charge in [-0.2, -0.15) is 0 Å². The zero-order valence-corrected chi connectivity index (χ0v) is 15.2. The van der Waals surface area contributed by atoms with E-state index in [9.17, 15) is 4.79 Å². The first-order valence-electron chi connectivity index (χ1n) is 8.08. The van der Waals surface area contributed by atoms with Crippen LogP contribution in [-0.2, 0) is 16.0 Å². The molecule has 0 saturated heterocycles. The van der Waals surface area contributed by atoms with Crippen molar-refractivity contribution in [1.29, 1.82) is 0 Å². The SMILES string of the molecule is CN=C(NCCCCCCC(=O)OC)NCCc1csc(C)n1. The van der Waals surface area contributed by atoms with Crippen LogP contribution in [0, 0.1) is 6.92 Å². The molecule has 0 spiro atoms. The molecule has 0 unspecified atom stereocenters. The third-order valence-corrected chi connectivity index (χ3v) is 4.21. The van der Waals surface area contributed by atoms with Crippen molar-refractivity contribution in [3.63, 3.8) is 0 Å². The molecule has 1 aromatic rings. The summed E-state index contributed by atoms with van der Waals surface area (Å²) in [7, 11) is 3.21. The number of hydrogen-bond acceptors (Lipinski definition) is 5. The van der Waals surface area contributed by atoms with Gasteiger partial charge in [0.05, 0.1) is 17.8 Å². The fourth-order valence-electron chi connectivity index (χ4n) is 2.11. The highest BCUT2D eigenvalue weighted by Gasteiger charge is 2.01. The molecular weight excluding hydrogens is 312 g/mol. The Morgan fingerprint density at radius 3 is 2.65 bits per heavy atom. The highest BCUT2D eigenvalue weighted by Crippen LogP contribution is 2.07. The van der Waals surface area contributed by atoms with E-state index < -0.39 is 0 Å². The monoisotopic (exact) mass is 340 g/mol. The molecule has 0 aliphatic rings. The number of nitrogens with zero attached hydrogens (tertiary/aromatic N) is 2. The lowest BCUT2D eigenvalue weighted by Gasteiger charge is -2.11. The normalized spacial score (nSPS) is 11.3. The van der Waals surface area contributed by atoms with Gasteiger partial charge in [0, 0.05) is 38.4 Å². The lowest BCUT2D eigenvalue weighted by Crippen LogP contribution is -2.38. The molecule has 0 saturated carbocycles. The van der Waals surface area contributed by atoms with Gasteiger partial charge in [0.25, 0.3) is 0 Å². The molecule has 6 nitrogen and oxygen atoms in total. The summed E-state index contributed by atoms with van der Waals surface area (Å²) in [6.45, 7) is 3.73. The number of ether oxygens (including phenoxy) is 1. The van der Waals surface area contributed by atoms with Crippen molar-refractivity contribution in [2.45, 2.75) is 45.4 Å². The van der Waals surface area contributed by atoms with E-state index in [4.69, 9.17) is 0 Å². The van der Waals surface area contributed by atoms with E-state index in [2.05, 4.69) is 30.7 Å². The Bertz CT molecular complexity index is 488. The van der Waals surface area contributed by atoms with Crippen LogP contribution in [0.25, 0.3) is 0 Å². The van der Waals surface area contributed by atoms with E-state index in [0.717, 1.165) is 61.9 Å². The maximum atomic E-state index is 11.0. The Morgan fingerprint density at radius 2 is 2.00 bits per heavy atom. The van der Waals surface area contributed by atoms with Crippen LogP contribution in [-0.4, -0.2) is 44.2 Å². The van der Waals surface area contributed by atoms with E-state index in [1.54, 1.807) is 18.4 Å². The molecule has 2 N–H and O–H groups in total. The first-order chi connectivity index (χ1) is 11.2. The second-order valence-corrected chi connectivity index (χ2v) is 6.34. The molecule has 0 aromatic carbocycles. The Balaban J connectivity index is 2.02. The van der Waals surface area contributed by atoms with Gasteiger partial charge in [-0.1, -0.05) is 12.8 Å². The molecule has 1 rings (SSSR count). The highest BCUT2D eigenvalue weighted by atomic mass is 32.1. The Kier molecular flexibility index (Phi) is 10.0. The lowest BCUT2D eigenvalue weighted by atomic mass is 10.1. The first kappa shape index (κ1) is 19.4. The summed E-state index contributed by atoms with van der Waals surface area (Å²) in [6, 6.07) is 0. The number of thiazole rings is 1. The fourth-order valence-corrected chi connectivity index (χ4v) is 2.76. The molecule has 0 bridgehead atoms. The van der Waals surface area contributed by atoms with E-state index in [0.29, 0.717) is 6.42 Å². The van der Waals surface area contributed by atoms with E-state index in [1.165, 1.54) is 7.11 Å². The molecule has 0 amide bonds. The molecule has 0 atom stereocenters. The highest BCUT2D eigenvalue weighted by molar-refractivity contribution is 7.09. The van der Waals surface area contributed by atoms with Crippen molar-refractivity contribution in [1.82, 2.24) is 15.6 Å². The molecule has 0 radical (unpaired) electrons. The molecule has 1 aromatic heterocycles. The van der Waals surface area contributed by atoms with Gasteiger partial charge in [0.1, 0.15) is 0 Å². The summed E-state index contributed by atoms with van der Waals surface area (Å²) in [5, 5.41) is 9.80. The molecule has 7 heteroatoms. The van der Waals surface area contributed by atoms with Crippen LogP contribution < -0.4 is 10.6 Å². The predicted molar refractivity (Wildman–Crippen MR) is 95.0 cm³/mol. The molecule has 130 valence electrons. The maximum Gasteiger partial charge on any atom is 0.305 e. The average molecular weight is 340 g/mol. The van der Waals surface area contributed by atoms with Gasteiger partial charge in [-0.05, 0) is 19.8 Å². The van der Waals surface area contributed by atoms with Crippen LogP contribution in [0.5, 0.6) is 0 Å². The number of aromatic nitrogens is 1. The molecule has 0 fully saturated rings. The van der Waals surface area contributed by atoms with Gasteiger partial charge in [-0.25, -0.2) is 4.98 Å². The summed E-state index contributed by atoms with van der Waals surface area (Å²) in [6.07, 6.45) is 5.52. The van der Waals surface area contributed by atoms with Crippen LogP contribution in [0.2, 0.25) is 0 Å². The average Bonchev–Trinajstić information content (AvgIpc) is 2.97. The first-order valence-corrected chi connectivity index (χ1v) is 8.96. The van der Waals surface area contributed by atoms with Crippen molar-refractivity contribution in [3.05, 3.63) is 16.1 Å². The number of guanidine groups is 1. The third-order valence-electron chi connectivity index (χ3n) is 3.39. The van der Waals surface area contributed by atoms with Crippen molar-refractivity contribution in [2.24, 2.45) is 4.99 Å². The van der Waals surface area contributed by atoms with Gasteiger partial charge in [0.15, 0.2) is 5.96 Å². The van der Waals surface area contributed by atoms with Crippen LogP contribution in [0.15, 0.2) is 10.4 Å². The lowest BCUT2D eigenvalue weighted by molar-refractivity contribution is -0.140. The quantitative estimate of drug-likeness (QED) is 0.296. The zero-order chi connectivity index (χ0) is 16.9. The maximum absolute atomic E-state index is 11.0. The smallest absolute Gasteiger partial charge is 0.305 e. The minimum Gasteiger partial charge on any atom is -0.469 e. The number of carbonyl (C=O) groups excluding carboxylic acids is 1. The van der Waals surface area contributed by atoms with Crippen LogP contribution >= 0.6 is 11.3 Å². The second-order valence-electron chi connectivity index (χ2n) is 5.27. The topological polar surface area (TPSA) is 75.6 Å². The number of aryl methyl sites for hydroxylation is 1. The molecule has 0 aliphatic carbocycles. The van der Waals surface area contributed by atoms with Gasteiger partial charge in [-0.15, -0.1) is 11.3 Å². The minimum absolute atomic E-state index is 0.122. The Labute approximate surface area is 142 Å². The summed E-state index contributed by atoms with van der Waals surface area (Å²) >= 11 is 1.68. The number of carbonyl (C=O) groups is 1. The van der Waals surface area contributed by atoms with Gasteiger partial charge >= 0.3 is 5.97 Å². The van der Waals surface area contributed by atoms with Gasteiger partial charge in [-0.3, -0.25) is 9.79 Å². The molecular formula is C16H28N4O2S. The summed E-state index contributed by atoms with van der Waals surface area (Å²) < 4.78 is 4.62. The minimum atomic E-state index is -0.122. The number of nitrogens with one attached hydrogen (secondary N) is 2. The Morgan fingerprint density at radius 1 is 1.26 bits per heavy atom. The zero-order valence-electron chi connectivity index (χ0n) is 14.4. The third kappa shape index (κ3) is 9.18. The van der Waals surface area contributed by atoms with Crippen LogP contribution in [0.4, 0.5) is 0 Å². The van der Waals surface area contributed by atoms with Gasteiger partial charge in [0.2, 0.25) is 0 Å². The van der Waals surface area contributed by atoms with Crippen molar-refractivity contribution in [3.8, 4) is 0 Å². The van der Waals surface area contributed by atoms with E-state index in [-0.39, 0.29) is 5.97 Å². The number of unbranched alkanes of at least 4 members (excludes halogenated alkanes) is 3. The van der Waals surface area contributed by atoms with E-state index >= 15 is 0 Å². The molecule has 1 heterocycles. The van der Waals surface area contributed by atoms with E-state index in [1.807, 2.05) is 6.92 Å². The molecule has 23 heavy (non-hydrogen) atoms. The van der Waals surface area contributed by atoms with Crippen LogP contribution in [0.3, 0.4) is 0 Å². The fraction of sp³-hybridized carbons (Fsp3) is 0.688. The van der Waals surface area contributed by atoms with Crippen LogP contribution in [0.1, 0.15) is 42.8 Å². The van der Waals surface area contributed by atoms with Crippen molar-refractivity contribution >= 4 is 23.3 Å².